The molecule has 0 aliphatic rings. The minimum absolute atomic E-state index is 0.0366. The first-order chi connectivity index (χ1) is 7.58. The molecule has 0 aromatic carbocycles. The Morgan fingerprint density at radius 3 is 2.18 bits per heavy atom. The monoisotopic (exact) mass is 259 g/mol. The highest BCUT2D eigenvalue weighted by Crippen LogP contribution is 2.12. The highest BCUT2D eigenvalue weighted by Gasteiger charge is 2.24. The Labute approximate surface area is 106 Å². The smallest absolute Gasteiger partial charge is 0.151 e. The summed E-state index contributed by atoms with van der Waals surface area (Å²) in [6.07, 6.45) is 1.85. The maximum absolute atomic E-state index is 11.5. The Morgan fingerprint density at radius 1 is 1.29 bits per heavy atom. The van der Waals surface area contributed by atoms with Crippen LogP contribution in [0.25, 0.3) is 0 Å². The van der Waals surface area contributed by atoms with Crippen molar-refractivity contribution in [3.63, 3.8) is 0 Å². The lowest BCUT2D eigenvalue weighted by molar-refractivity contribution is 0.502. The number of hydrogen-bond acceptors (Lipinski definition) is 3. The molecule has 0 aromatic heterocycles. The fourth-order valence-electron chi connectivity index (χ4n) is 1.39. The van der Waals surface area contributed by atoms with Crippen molar-refractivity contribution >= 4 is 9.84 Å². The highest BCUT2D eigenvalue weighted by atomic mass is 32.2. The number of nitrogens with one attached hydrogen (secondary N) is 1. The normalized spacial score (nSPS) is 15.9. The minimum atomic E-state index is -3.02. The maximum atomic E-state index is 11.5. The summed E-state index contributed by atoms with van der Waals surface area (Å²) in [7, 11) is -3.02. The first-order valence-corrected chi connectivity index (χ1v) is 7.95. The number of rotatable bonds is 5. The van der Waals surface area contributed by atoms with Crippen LogP contribution in [0.5, 0.6) is 0 Å². The van der Waals surface area contributed by atoms with Gasteiger partial charge in [-0.3, -0.25) is 0 Å². The van der Waals surface area contributed by atoms with Crippen LogP contribution in [0.2, 0.25) is 0 Å². The summed E-state index contributed by atoms with van der Waals surface area (Å²) in [6.45, 7) is 10.6. The summed E-state index contributed by atoms with van der Waals surface area (Å²) in [6, 6.07) is -0.0927. The second-order valence-corrected chi connectivity index (χ2v) is 7.86. The first-order valence-electron chi connectivity index (χ1n) is 6.00. The predicted octanol–water partition coefficient (Wildman–Crippen LogP) is 1.84. The largest absolute Gasteiger partial charge is 0.312 e. The topological polar surface area (TPSA) is 46.2 Å². The fourth-order valence-corrected chi connectivity index (χ4v) is 2.18. The maximum Gasteiger partial charge on any atom is 0.151 e. The van der Waals surface area contributed by atoms with Crippen LogP contribution < -0.4 is 5.32 Å². The molecule has 0 fully saturated rings. The van der Waals surface area contributed by atoms with E-state index < -0.39 is 15.1 Å². The summed E-state index contributed by atoms with van der Waals surface area (Å²) in [5.74, 6) is 6.22. The SMILES string of the molecule is CCNC(CC#CC(C)(C)C)C(C)S(C)(=O)=O. The second kappa shape index (κ2) is 6.42. The first kappa shape index (κ1) is 16.5. The molecule has 1 N–H and O–H groups in total. The number of hydrogen-bond donors (Lipinski definition) is 1. The number of sulfone groups is 1. The molecule has 0 saturated carbocycles. The van der Waals surface area contributed by atoms with Crippen molar-refractivity contribution in [1.29, 1.82) is 0 Å². The lowest BCUT2D eigenvalue weighted by atomic mass is 9.97. The minimum Gasteiger partial charge on any atom is -0.312 e. The van der Waals surface area contributed by atoms with Gasteiger partial charge >= 0.3 is 0 Å². The molecule has 0 radical (unpaired) electrons. The Bertz CT molecular complexity index is 382. The lowest BCUT2D eigenvalue weighted by Gasteiger charge is -2.21. The predicted molar refractivity (Wildman–Crippen MR) is 73.6 cm³/mol. The molecule has 0 saturated heterocycles. The van der Waals surface area contributed by atoms with Crippen LogP contribution in [-0.2, 0) is 9.84 Å². The van der Waals surface area contributed by atoms with Crippen molar-refractivity contribution in [2.75, 3.05) is 12.8 Å². The van der Waals surface area contributed by atoms with Crippen LogP contribution in [0.4, 0.5) is 0 Å². The Balaban J connectivity index is 4.71. The molecule has 0 amide bonds. The van der Waals surface area contributed by atoms with Crippen molar-refractivity contribution in [3.05, 3.63) is 0 Å². The molecular weight excluding hydrogens is 234 g/mol. The van der Waals surface area contributed by atoms with Gasteiger partial charge in [-0.05, 0) is 34.2 Å². The average Bonchev–Trinajstić information content (AvgIpc) is 2.12. The van der Waals surface area contributed by atoms with E-state index >= 15 is 0 Å². The van der Waals surface area contributed by atoms with Gasteiger partial charge in [0, 0.05) is 24.1 Å². The molecule has 0 heterocycles. The van der Waals surface area contributed by atoms with Crippen LogP contribution >= 0.6 is 0 Å². The molecule has 0 spiro atoms. The van der Waals surface area contributed by atoms with Gasteiger partial charge in [-0.2, -0.15) is 0 Å². The van der Waals surface area contributed by atoms with Crippen molar-refractivity contribution in [2.24, 2.45) is 5.41 Å². The fraction of sp³-hybridized carbons (Fsp3) is 0.846. The van der Waals surface area contributed by atoms with Crippen molar-refractivity contribution in [2.45, 2.75) is 52.3 Å². The third kappa shape index (κ3) is 7.40. The third-order valence-corrected chi connectivity index (χ3v) is 4.17. The van der Waals surface area contributed by atoms with Gasteiger partial charge in [0.2, 0.25) is 0 Å². The van der Waals surface area contributed by atoms with E-state index in [0.29, 0.717) is 6.42 Å². The molecule has 4 heteroatoms. The van der Waals surface area contributed by atoms with E-state index in [9.17, 15) is 8.42 Å². The molecule has 0 bridgehead atoms. The van der Waals surface area contributed by atoms with E-state index in [1.165, 1.54) is 6.26 Å². The van der Waals surface area contributed by atoms with Crippen molar-refractivity contribution in [3.8, 4) is 11.8 Å². The van der Waals surface area contributed by atoms with Crippen LogP contribution in [0, 0.1) is 17.3 Å². The average molecular weight is 259 g/mol. The van der Waals surface area contributed by atoms with Crippen LogP contribution in [-0.4, -0.2) is 32.5 Å². The standard InChI is InChI=1S/C13H25NO2S/c1-7-14-12(11(2)17(6,15)16)9-8-10-13(3,4)5/h11-12,14H,7,9H2,1-6H3. The zero-order valence-electron chi connectivity index (χ0n) is 11.8. The van der Waals surface area contributed by atoms with Gasteiger partial charge in [0.25, 0.3) is 0 Å². The van der Waals surface area contributed by atoms with Crippen LogP contribution in [0.15, 0.2) is 0 Å². The molecule has 2 unspecified atom stereocenters. The van der Waals surface area contributed by atoms with Gasteiger partial charge in [0.05, 0.1) is 5.25 Å². The summed E-state index contributed by atoms with van der Waals surface area (Å²) in [4.78, 5) is 0. The molecule has 0 aromatic rings. The van der Waals surface area contributed by atoms with Gasteiger partial charge in [-0.1, -0.05) is 12.8 Å². The van der Waals surface area contributed by atoms with Crippen molar-refractivity contribution in [1.82, 2.24) is 5.32 Å². The Kier molecular flexibility index (Phi) is 6.22. The van der Waals surface area contributed by atoms with E-state index in [2.05, 4.69) is 17.2 Å². The Morgan fingerprint density at radius 2 is 1.82 bits per heavy atom. The van der Waals surface area contributed by atoms with E-state index in [4.69, 9.17) is 0 Å². The van der Waals surface area contributed by atoms with E-state index in [1.54, 1.807) is 6.92 Å². The van der Waals surface area contributed by atoms with Crippen LogP contribution in [0.3, 0.4) is 0 Å². The molecule has 17 heavy (non-hydrogen) atoms. The third-order valence-electron chi connectivity index (χ3n) is 2.49. The van der Waals surface area contributed by atoms with Gasteiger partial charge in [-0.15, -0.1) is 5.92 Å². The van der Waals surface area contributed by atoms with E-state index in [0.717, 1.165) is 6.54 Å². The summed E-state index contributed by atoms with van der Waals surface area (Å²) in [5.41, 5.74) is -0.0366. The van der Waals surface area contributed by atoms with E-state index in [-0.39, 0.29) is 11.5 Å². The van der Waals surface area contributed by atoms with Crippen molar-refractivity contribution < 1.29 is 8.42 Å². The molecule has 100 valence electrons. The molecular formula is C13H25NO2S. The van der Waals surface area contributed by atoms with Gasteiger partial charge in [0.15, 0.2) is 9.84 Å². The molecule has 2 atom stereocenters. The Hall–Kier alpha value is -0.530. The summed E-state index contributed by atoms with van der Waals surface area (Å²) < 4.78 is 23.0. The molecule has 3 nitrogen and oxygen atoms in total. The highest BCUT2D eigenvalue weighted by molar-refractivity contribution is 7.91. The van der Waals surface area contributed by atoms with Gasteiger partial charge in [0.1, 0.15) is 0 Å². The molecule has 0 aliphatic carbocycles. The zero-order chi connectivity index (χ0) is 13.7. The van der Waals surface area contributed by atoms with Crippen LogP contribution in [0.1, 0.15) is 41.0 Å². The molecule has 0 aliphatic heterocycles. The lowest BCUT2D eigenvalue weighted by Crippen LogP contribution is -2.41. The van der Waals surface area contributed by atoms with Gasteiger partial charge in [-0.25, -0.2) is 8.42 Å². The summed E-state index contributed by atoms with van der Waals surface area (Å²) >= 11 is 0. The second-order valence-electron chi connectivity index (χ2n) is 5.45. The molecule has 0 rings (SSSR count). The summed E-state index contributed by atoms with van der Waals surface area (Å²) in [5, 5.41) is 2.79. The quantitative estimate of drug-likeness (QED) is 0.766. The zero-order valence-corrected chi connectivity index (χ0v) is 12.6. The van der Waals surface area contributed by atoms with E-state index in [1.807, 2.05) is 27.7 Å². The van der Waals surface area contributed by atoms with Gasteiger partial charge < -0.3 is 5.32 Å².